The molecule has 1 N–H and O–H groups in total. The highest BCUT2D eigenvalue weighted by molar-refractivity contribution is 4.88. The van der Waals surface area contributed by atoms with Crippen molar-refractivity contribution < 1.29 is 0 Å². The first-order valence-electron chi connectivity index (χ1n) is 6.71. The summed E-state index contributed by atoms with van der Waals surface area (Å²) < 4.78 is 2.04. The molecule has 3 unspecified atom stereocenters. The highest BCUT2D eigenvalue weighted by Gasteiger charge is 2.30. The Morgan fingerprint density at radius 2 is 2.18 bits per heavy atom. The maximum Gasteiger partial charge on any atom is 0.165 e. The molecule has 2 rings (SSSR count). The average Bonchev–Trinajstić information content (AvgIpc) is 2.78. The predicted octanol–water partition coefficient (Wildman–Crippen LogP) is 1.78. The van der Waals surface area contributed by atoms with E-state index in [0.29, 0.717) is 12.0 Å². The summed E-state index contributed by atoms with van der Waals surface area (Å²) in [5.74, 6) is 2.40. The van der Waals surface area contributed by atoms with E-state index in [0.717, 1.165) is 24.8 Å². The third kappa shape index (κ3) is 2.65. The van der Waals surface area contributed by atoms with Gasteiger partial charge in [-0.1, -0.05) is 33.6 Å². The van der Waals surface area contributed by atoms with Gasteiger partial charge in [0.1, 0.15) is 0 Å². The van der Waals surface area contributed by atoms with Crippen LogP contribution in [0.1, 0.15) is 51.9 Å². The molecule has 96 valence electrons. The SMILES string of the molecule is CCNCc1nnnn1C1CCCC(C)C1C. The predicted molar refractivity (Wildman–Crippen MR) is 66.4 cm³/mol. The van der Waals surface area contributed by atoms with Gasteiger partial charge < -0.3 is 5.32 Å². The van der Waals surface area contributed by atoms with Crippen molar-refractivity contribution in [3.8, 4) is 0 Å². The number of hydrogen-bond acceptors (Lipinski definition) is 4. The summed E-state index contributed by atoms with van der Waals surface area (Å²) in [7, 11) is 0. The molecule has 1 aromatic rings. The monoisotopic (exact) mass is 237 g/mol. The van der Waals surface area contributed by atoms with E-state index in [1.54, 1.807) is 0 Å². The summed E-state index contributed by atoms with van der Waals surface area (Å²) in [6.45, 7) is 8.47. The quantitative estimate of drug-likeness (QED) is 0.867. The maximum atomic E-state index is 4.19. The molecule has 1 aromatic heterocycles. The second-order valence-electron chi connectivity index (χ2n) is 5.15. The van der Waals surface area contributed by atoms with Crippen molar-refractivity contribution >= 4 is 0 Å². The van der Waals surface area contributed by atoms with E-state index in [2.05, 4.69) is 41.6 Å². The summed E-state index contributed by atoms with van der Waals surface area (Å²) in [4.78, 5) is 0. The van der Waals surface area contributed by atoms with Gasteiger partial charge in [0.2, 0.25) is 0 Å². The topological polar surface area (TPSA) is 55.6 Å². The lowest BCUT2D eigenvalue weighted by Crippen LogP contribution is -2.30. The number of nitrogens with zero attached hydrogens (tertiary/aromatic N) is 4. The van der Waals surface area contributed by atoms with Crippen LogP contribution in [-0.2, 0) is 6.54 Å². The van der Waals surface area contributed by atoms with Gasteiger partial charge in [-0.3, -0.25) is 0 Å². The Morgan fingerprint density at radius 1 is 1.35 bits per heavy atom. The highest BCUT2D eigenvalue weighted by atomic mass is 15.6. The summed E-state index contributed by atoms with van der Waals surface area (Å²) >= 11 is 0. The van der Waals surface area contributed by atoms with Gasteiger partial charge in [-0.05, 0) is 35.2 Å². The van der Waals surface area contributed by atoms with Crippen LogP contribution >= 0.6 is 0 Å². The smallest absolute Gasteiger partial charge is 0.165 e. The van der Waals surface area contributed by atoms with Gasteiger partial charge in [-0.15, -0.1) is 5.10 Å². The standard InChI is InChI=1S/C12H23N5/c1-4-13-8-12-14-15-16-17(12)11-7-5-6-9(2)10(11)3/h9-11,13H,4-8H2,1-3H3. The van der Waals surface area contributed by atoms with Crippen LogP contribution in [-0.4, -0.2) is 26.8 Å². The van der Waals surface area contributed by atoms with E-state index in [1.165, 1.54) is 19.3 Å². The molecule has 5 nitrogen and oxygen atoms in total. The molecular weight excluding hydrogens is 214 g/mol. The first-order chi connectivity index (χ1) is 8.24. The van der Waals surface area contributed by atoms with E-state index in [4.69, 9.17) is 0 Å². The summed E-state index contributed by atoms with van der Waals surface area (Å²) in [5.41, 5.74) is 0. The van der Waals surface area contributed by atoms with Crippen LogP contribution in [0.2, 0.25) is 0 Å². The molecule has 1 heterocycles. The zero-order chi connectivity index (χ0) is 12.3. The number of aromatic nitrogens is 4. The Balaban J connectivity index is 2.12. The first-order valence-corrected chi connectivity index (χ1v) is 6.71. The first kappa shape index (κ1) is 12.5. The van der Waals surface area contributed by atoms with Gasteiger partial charge in [0.25, 0.3) is 0 Å². The fourth-order valence-corrected chi connectivity index (χ4v) is 2.72. The Bertz CT molecular complexity index is 348. The molecule has 17 heavy (non-hydrogen) atoms. The molecule has 0 aromatic carbocycles. The summed E-state index contributed by atoms with van der Waals surface area (Å²) in [6, 6.07) is 0.474. The Labute approximate surface area is 103 Å². The Morgan fingerprint density at radius 3 is 2.94 bits per heavy atom. The van der Waals surface area contributed by atoms with Gasteiger partial charge in [-0.2, -0.15) is 0 Å². The Hall–Kier alpha value is -0.970. The van der Waals surface area contributed by atoms with Crippen LogP contribution in [0.5, 0.6) is 0 Å². The van der Waals surface area contributed by atoms with E-state index in [-0.39, 0.29) is 0 Å². The van der Waals surface area contributed by atoms with Gasteiger partial charge in [0.05, 0.1) is 12.6 Å². The van der Waals surface area contributed by atoms with Crippen LogP contribution in [0, 0.1) is 11.8 Å². The lowest BCUT2D eigenvalue weighted by Gasteiger charge is -2.34. The molecule has 0 aliphatic heterocycles. The molecule has 3 atom stereocenters. The third-order valence-electron chi connectivity index (χ3n) is 4.07. The van der Waals surface area contributed by atoms with Crippen LogP contribution in [0.3, 0.4) is 0 Å². The van der Waals surface area contributed by atoms with Crippen LogP contribution in [0.4, 0.5) is 0 Å². The van der Waals surface area contributed by atoms with Crippen molar-refractivity contribution in [1.29, 1.82) is 0 Å². The van der Waals surface area contributed by atoms with Crippen molar-refractivity contribution in [1.82, 2.24) is 25.5 Å². The zero-order valence-corrected chi connectivity index (χ0v) is 11.1. The molecule has 0 bridgehead atoms. The largest absolute Gasteiger partial charge is 0.310 e. The zero-order valence-electron chi connectivity index (χ0n) is 11.1. The fraction of sp³-hybridized carbons (Fsp3) is 0.917. The van der Waals surface area contributed by atoms with E-state index in [9.17, 15) is 0 Å². The minimum atomic E-state index is 0.474. The molecule has 1 saturated carbocycles. The molecule has 0 spiro atoms. The molecule has 1 aliphatic rings. The number of hydrogen-bond donors (Lipinski definition) is 1. The van der Waals surface area contributed by atoms with Crippen LogP contribution < -0.4 is 5.32 Å². The minimum Gasteiger partial charge on any atom is -0.310 e. The molecule has 0 saturated heterocycles. The van der Waals surface area contributed by atoms with Crippen molar-refractivity contribution in [2.75, 3.05) is 6.54 Å². The number of tetrazole rings is 1. The molecule has 1 fully saturated rings. The highest BCUT2D eigenvalue weighted by Crippen LogP contribution is 2.37. The second-order valence-corrected chi connectivity index (χ2v) is 5.15. The molecule has 5 heteroatoms. The van der Waals surface area contributed by atoms with Gasteiger partial charge in [0.15, 0.2) is 5.82 Å². The molecule has 0 radical (unpaired) electrons. The van der Waals surface area contributed by atoms with Crippen LogP contribution in [0.25, 0.3) is 0 Å². The summed E-state index contributed by atoms with van der Waals surface area (Å²) in [6.07, 6.45) is 3.83. The second kappa shape index (κ2) is 5.58. The lowest BCUT2D eigenvalue weighted by molar-refractivity contribution is 0.169. The van der Waals surface area contributed by atoms with Crippen molar-refractivity contribution in [3.05, 3.63) is 5.82 Å². The van der Waals surface area contributed by atoms with E-state index >= 15 is 0 Å². The number of rotatable bonds is 4. The van der Waals surface area contributed by atoms with Gasteiger partial charge in [0, 0.05) is 0 Å². The van der Waals surface area contributed by atoms with E-state index in [1.807, 2.05) is 4.68 Å². The molecular formula is C12H23N5. The third-order valence-corrected chi connectivity index (χ3v) is 4.07. The van der Waals surface area contributed by atoms with Crippen molar-refractivity contribution in [3.63, 3.8) is 0 Å². The maximum absolute atomic E-state index is 4.19. The summed E-state index contributed by atoms with van der Waals surface area (Å²) in [5, 5.41) is 15.4. The minimum absolute atomic E-state index is 0.474. The normalized spacial score (nSPS) is 29.5. The fourth-order valence-electron chi connectivity index (χ4n) is 2.72. The van der Waals surface area contributed by atoms with Crippen LogP contribution in [0.15, 0.2) is 0 Å². The van der Waals surface area contributed by atoms with Gasteiger partial charge in [-0.25, -0.2) is 4.68 Å². The molecule has 0 amide bonds. The average molecular weight is 237 g/mol. The lowest BCUT2D eigenvalue weighted by atomic mass is 9.78. The van der Waals surface area contributed by atoms with Gasteiger partial charge >= 0.3 is 0 Å². The van der Waals surface area contributed by atoms with Crippen molar-refractivity contribution in [2.45, 2.75) is 52.6 Å². The van der Waals surface area contributed by atoms with E-state index < -0.39 is 0 Å². The molecule has 1 aliphatic carbocycles. The van der Waals surface area contributed by atoms with Crippen molar-refractivity contribution in [2.24, 2.45) is 11.8 Å². The number of nitrogens with one attached hydrogen (secondary N) is 1. The Kier molecular flexibility index (Phi) is 4.10.